The first-order chi connectivity index (χ1) is 14.7. The average Bonchev–Trinajstić information content (AvgIpc) is 3.32. The maximum absolute atomic E-state index is 13.8. The fourth-order valence-electron chi connectivity index (χ4n) is 6.07. The van der Waals surface area contributed by atoms with E-state index in [9.17, 15) is 19.5 Å². The molecule has 8 heteroatoms. The molecule has 3 fully saturated rings. The largest absolute Gasteiger partial charge is 0.394 e. The number of hydrogen-bond donors (Lipinski definition) is 3. The van der Waals surface area contributed by atoms with Crippen LogP contribution in [0.2, 0.25) is 0 Å². The topological polar surface area (TPSA) is 108 Å². The molecule has 3 amide bonds. The van der Waals surface area contributed by atoms with Gasteiger partial charge in [-0.3, -0.25) is 14.4 Å². The minimum absolute atomic E-state index is 0.00538. The van der Waals surface area contributed by atoms with Crippen LogP contribution >= 0.6 is 0 Å². The van der Waals surface area contributed by atoms with Crippen molar-refractivity contribution in [2.45, 2.75) is 89.5 Å². The van der Waals surface area contributed by atoms with Gasteiger partial charge in [0.05, 0.1) is 30.1 Å². The SMILES string of the molecule is CCCCCNC(=O)C1N([C@@H](CO)[C@@H](C)CC)C(=O)[C@@H]2[C@H](C(=O)NC)[C@]3(C)CCC12O3. The van der Waals surface area contributed by atoms with Crippen LogP contribution in [0.5, 0.6) is 0 Å². The van der Waals surface area contributed by atoms with Crippen LogP contribution in [0.4, 0.5) is 0 Å². The number of ether oxygens (including phenoxy) is 1. The Kier molecular flexibility index (Phi) is 7.01. The van der Waals surface area contributed by atoms with E-state index in [-0.39, 0.29) is 30.2 Å². The Morgan fingerprint density at radius 1 is 1.26 bits per heavy atom. The zero-order valence-electron chi connectivity index (χ0n) is 19.6. The molecule has 3 heterocycles. The first-order valence-electron chi connectivity index (χ1n) is 11.8. The number of carbonyl (C=O) groups excluding carboxylic acids is 3. The average molecular weight is 438 g/mol. The van der Waals surface area contributed by atoms with E-state index in [0.717, 1.165) is 25.7 Å². The fourth-order valence-corrected chi connectivity index (χ4v) is 6.07. The lowest BCUT2D eigenvalue weighted by atomic mass is 9.66. The van der Waals surface area contributed by atoms with Gasteiger partial charge in [-0.25, -0.2) is 0 Å². The Balaban J connectivity index is 2.02. The van der Waals surface area contributed by atoms with Gasteiger partial charge in [0.15, 0.2) is 0 Å². The first-order valence-corrected chi connectivity index (χ1v) is 11.8. The van der Waals surface area contributed by atoms with E-state index in [1.165, 1.54) is 0 Å². The molecule has 8 nitrogen and oxygen atoms in total. The summed E-state index contributed by atoms with van der Waals surface area (Å²) in [6.07, 6.45) is 4.86. The molecule has 3 saturated heterocycles. The van der Waals surface area contributed by atoms with E-state index in [2.05, 4.69) is 17.6 Å². The lowest BCUT2D eigenvalue weighted by Crippen LogP contribution is -2.59. The highest BCUT2D eigenvalue weighted by atomic mass is 16.5. The smallest absolute Gasteiger partial charge is 0.245 e. The number of unbranched alkanes of at least 4 members (excludes halogenated alkanes) is 2. The van der Waals surface area contributed by atoms with Crippen LogP contribution in [-0.4, -0.2) is 71.2 Å². The molecule has 0 aliphatic carbocycles. The van der Waals surface area contributed by atoms with Crippen LogP contribution in [0.15, 0.2) is 0 Å². The van der Waals surface area contributed by atoms with Gasteiger partial charge in [0.25, 0.3) is 0 Å². The summed E-state index contributed by atoms with van der Waals surface area (Å²) in [6.45, 7) is 8.27. The summed E-state index contributed by atoms with van der Waals surface area (Å²) in [7, 11) is 1.56. The Morgan fingerprint density at radius 2 is 1.97 bits per heavy atom. The summed E-state index contributed by atoms with van der Waals surface area (Å²) < 4.78 is 6.51. The van der Waals surface area contributed by atoms with Crippen molar-refractivity contribution in [3.8, 4) is 0 Å². The normalized spacial score (nSPS) is 35.7. The molecular weight excluding hydrogens is 398 g/mol. The minimum atomic E-state index is -1.03. The van der Waals surface area contributed by atoms with Crippen LogP contribution in [0.1, 0.15) is 66.2 Å². The van der Waals surface area contributed by atoms with Gasteiger partial charge >= 0.3 is 0 Å². The van der Waals surface area contributed by atoms with Crippen LogP contribution in [0, 0.1) is 17.8 Å². The summed E-state index contributed by atoms with van der Waals surface area (Å²) in [4.78, 5) is 41.7. The number of fused-ring (bicyclic) bond motifs is 1. The summed E-state index contributed by atoms with van der Waals surface area (Å²) in [5.74, 6) is -2.06. The number of nitrogens with one attached hydrogen (secondary N) is 2. The molecule has 3 aliphatic heterocycles. The van der Waals surface area contributed by atoms with E-state index >= 15 is 0 Å². The van der Waals surface area contributed by atoms with E-state index in [4.69, 9.17) is 4.74 Å². The number of carbonyl (C=O) groups is 3. The molecule has 31 heavy (non-hydrogen) atoms. The van der Waals surface area contributed by atoms with Gasteiger partial charge in [-0.15, -0.1) is 0 Å². The maximum Gasteiger partial charge on any atom is 0.245 e. The van der Waals surface area contributed by atoms with Crippen molar-refractivity contribution >= 4 is 17.7 Å². The summed E-state index contributed by atoms with van der Waals surface area (Å²) in [5, 5.41) is 15.9. The zero-order valence-corrected chi connectivity index (χ0v) is 19.6. The molecular formula is C23H39N3O5. The van der Waals surface area contributed by atoms with Gasteiger partial charge in [-0.05, 0) is 32.1 Å². The third kappa shape index (κ3) is 3.65. The number of aliphatic hydroxyl groups excluding tert-OH is 1. The van der Waals surface area contributed by atoms with Crippen LogP contribution in [-0.2, 0) is 19.1 Å². The van der Waals surface area contributed by atoms with E-state index < -0.39 is 35.1 Å². The quantitative estimate of drug-likeness (QED) is 0.445. The van der Waals surface area contributed by atoms with Gasteiger partial charge in [0.1, 0.15) is 11.6 Å². The molecule has 176 valence electrons. The van der Waals surface area contributed by atoms with Crippen molar-refractivity contribution in [3.63, 3.8) is 0 Å². The third-order valence-electron chi connectivity index (χ3n) is 7.92. The highest BCUT2D eigenvalue weighted by molar-refractivity contribution is 5.99. The standard InChI is InChI=1S/C23H39N3O5/c1-6-8-9-12-25-20(29)18-23-11-10-22(4,31-23)16(19(28)24-5)17(23)21(30)26(18)15(13-27)14(3)7-2/h14-18,27H,6-13H2,1-5H3,(H,24,28)(H,25,29)/t14-,15-,16+,17-,18?,22-,23?/m0/s1. The van der Waals surface area contributed by atoms with Gasteiger partial charge in [-0.1, -0.05) is 40.0 Å². The van der Waals surface area contributed by atoms with Crippen molar-refractivity contribution in [1.29, 1.82) is 0 Å². The predicted octanol–water partition coefficient (Wildman–Crippen LogP) is 1.21. The number of aliphatic hydroxyl groups is 1. The summed E-state index contributed by atoms with van der Waals surface area (Å²) in [5.41, 5.74) is -1.79. The first kappa shape index (κ1) is 24.0. The second-order valence-corrected chi connectivity index (χ2v) is 9.72. The minimum Gasteiger partial charge on any atom is -0.394 e. The Labute approximate surface area is 185 Å². The van der Waals surface area contributed by atoms with Crippen molar-refractivity contribution in [3.05, 3.63) is 0 Å². The molecule has 0 radical (unpaired) electrons. The lowest BCUT2D eigenvalue weighted by Gasteiger charge is -2.39. The molecule has 7 atom stereocenters. The molecule has 0 aromatic carbocycles. The Hall–Kier alpha value is -1.67. The molecule has 3 N–H and O–H groups in total. The predicted molar refractivity (Wildman–Crippen MR) is 116 cm³/mol. The third-order valence-corrected chi connectivity index (χ3v) is 7.92. The Bertz CT molecular complexity index is 715. The van der Waals surface area contributed by atoms with Gasteiger partial charge in [0.2, 0.25) is 17.7 Å². The monoisotopic (exact) mass is 437 g/mol. The van der Waals surface area contributed by atoms with Crippen molar-refractivity contribution in [1.82, 2.24) is 15.5 Å². The maximum atomic E-state index is 13.8. The van der Waals surface area contributed by atoms with Crippen molar-refractivity contribution in [2.75, 3.05) is 20.2 Å². The molecule has 2 unspecified atom stereocenters. The van der Waals surface area contributed by atoms with Crippen molar-refractivity contribution in [2.24, 2.45) is 17.8 Å². The molecule has 0 aromatic heterocycles. The second-order valence-electron chi connectivity index (χ2n) is 9.72. The van der Waals surface area contributed by atoms with E-state index in [1.807, 2.05) is 20.8 Å². The molecule has 2 bridgehead atoms. The van der Waals surface area contributed by atoms with Crippen LogP contribution in [0.25, 0.3) is 0 Å². The number of hydrogen-bond acceptors (Lipinski definition) is 5. The lowest BCUT2D eigenvalue weighted by molar-refractivity contribution is -0.151. The summed E-state index contributed by atoms with van der Waals surface area (Å²) >= 11 is 0. The van der Waals surface area contributed by atoms with Gasteiger partial charge in [0, 0.05) is 13.6 Å². The van der Waals surface area contributed by atoms with Crippen LogP contribution in [0.3, 0.4) is 0 Å². The number of nitrogens with zero attached hydrogens (tertiary/aromatic N) is 1. The second kappa shape index (κ2) is 9.06. The van der Waals surface area contributed by atoms with Gasteiger partial charge < -0.3 is 25.4 Å². The van der Waals surface area contributed by atoms with E-state index in [1.54, 1.807) is 11.9 Å². The summed E-state index contributed by atoms with van der Waals surface area (Å²) in [6, 6.07) is -1.33. The molecule has 3 rings (SSSR count). The fraction of sp³-hybridized carbons (Fsp3) is 0.870. The molecule has 3 aliphatic rings. The number of likely N-dealkylation sites (tertiary alicyclic amines) is 1. The highest BCUT2D eigenvalue weighted by Crippen LogP contribution is 2.63. The highest BCUT2D eigenvalue weighted by Gasteiger charge is 2.78. The Morgan fingerprint density at radius 3 is 2.55 bits per heavy atom. The van der Waals surface area contributed by atoms with E-state index in [0.29, 0.717) is 19.4 Å². The molecule has 1 spiro atoms. The van der Waals surface area contributed by atoms with Gasteiger partial charge in [-0.2, -0.15) is 0 Å². The van der Waals surface area contributed by atoms with Crippen LogP contribution < -0.4 is 10.6 Å². The zero-order chi connectivity index (χ0) is 23.0. The molecule has 0 aromatic rings. The number of amides is 3. The number of rotatable bonds is 10. The molecule has 0 saturated carbocycles. The van der Waals surface area contributed by atoms with Crippen molar-refractivity contribution < 1.29 is 24.2 Å².